The lowest BCUT2D eigenvalue weighted by Crippen LogP contribution is -2.28. The Morgan fingerprint density at radius 3 is 1.35 bits per heavy atom. The smallest absolute Gasteiger partial charge is 0.193 e. The molecule has 0 atom stereocenters. The molecule has 0 saturated heterocycles. The van der Waals surface area contributed by atoms with Crippen molar-refractivity contribution < 1.29 is 14.3 Å². The molecule has 0 saturated carbocycles. The van der Waals surface area contributed by atoms with Crippen molar-refractivity contribution in [1.29, 1.82) is 0 Å². The van der Waals surface area contributed by atoms with Gasteiger partial charge in [0.15, 0.2) is 5.78 Å². The minimum absolute atomic E-state index is 0.00297. The minimum atomic E-state index is -0.515. The van der Waals surface area contributed by atoms with E-state index in [4.69, 9.17) is 9.47 Å². The Bertz CT molecular complexity index is 2060. The third-order valence-electron chi connectivity index (χ3n) is 9.32. The molecule has 0 unspecified atom stereocenters. The fraction of sp³-hybridized carbons (Fsp3) is 0.196. The van der Waals surface area contributed by atoms with Gasteiger partial charge in [-0.05, 0) is 114 Å². The van der Waals surface area contributed by atoms with Crippen LogP contribution in [-0.2, 0) is 10.8 Å². The molecule has 0 radical (unpaired) electrons. The van der Waals surface area contributed by atoms with Gasteiger partial charge in [-0.1, -0.05) is 118 Å². The lowest BCUT2D eigenvalue weighted by atomic mass is 9.68. The van der Waals surface area contributed by atoms with E-state index in [0.29, 0.717) is 16.9 Å². The van der Waals surface area contributed by atoms with E-state index in [0.717, 1.165) is 17.1 Å². The highest BCUT2D eigenvalue weighted by atomic mass is 16.5. The fourth-order valence-electron chi connectivity index (χ4n) is 7.02. The third-order valence-corrected chi connectivity index (χ3v) is 9.32. The minimum Gasteiger partial charge on any atom is -0.488 e. The molecule has 0 bridgehead atoms. The Morgan fingerprint density at radius 1 is 0.490 bits per heavy atom. The fourth-order valence-corrected chi connectivity index (χ4v) is 7.02. The van der Waals surface area contributed by atoms with Gasteiger partial charge in [0.05, 0.1) is 5.41 Å². The maximum absolute atomic E-state index is 13.2. The van der Waals surface area contributed by atoms with Gasteiger partial charge < -0.3 is 9.47 Å². The van der Waals surface area contributed by atoms with Crippen molar-refractivity contribution in [2.24, 2.45) is 0 Å². The molecular weight excluding hydrogens is 601 g/mol. The van der Waals surface area contributed by atoms with Gasteiger partial charge in [0.1, 0.15) is 22.8 Å². The quantitative estimate of drug-likeness (QED) is 0.162. The molecule has 0 aromatic heterocycles. The molecule has 0 spiro atoms. The van der Waals surface area contributed by atoms with E-state index in [1.165, 1.54) is 33.4 Å². The average Bonchev–Trinajstić information content (AvgIpc) is 3.39. The summed E-state index contributed by atoms with van der Waals surface area (Å²) < 4.78 is 12.5. The molecule has 7 rings (SSSR count). The second-order valence-corrected chi connectivity index (χ2v) is 14.9. The van der Waals surface area contributed by atoms with E-state index in [1.54, 1.807) is 0 Å². The van der Waals surface area contributed by atoms with Gasteiger partial charge in [0.25, 0.3) is 0 Å². The van der Waals surface area contributed by atoms with Crippen LogP contribution in [0.15, 0.2) is 146 Å². The van der Waals surface area contributed by atoms with Gasteiger partial charge in [0, 0.05) is 11.1 Å². The Kier molecular flexibility index (Phi) is 8.03. The van der Waals surface area contributed by atoms with Crippen LogP contribution in [0.1, 0.15) is 85.3 Å². The van der Waals surface area contributed by atoms with Crippen molar-refractivity contribution in [2.75, 3.05) is 0 Å². The molecule has 3 heteroatoms. The highest BCUT2D eigenvalue weighted by Gasteiger charge is 2.45. The summed E-state index contributed by atoms with van der Waals surface area (Å²) in [4.78, 5) is 13.2. The predicted molar refractivity (Wildman–Crippen MR) is 199 cm³/mol. The number of hydrogen-bond donors (Lipinski definition) is 0. The molecule has 3 nitrogen and oxygen atoms in total. The summed E-state index contributed by atoms with van der Waals surface area (Å²) in [5.41, 5.74) is 9.07. The maximum atomic E-state index is 13.2. The number of ether oxygens (including phenoxy) is 2. The SMILES string of the molecule is CC(C)(C)Oc1ccc(C2(c3ccc(Oc4ccc(C(=O)c5ccc(C(C)(C)C)cc5)cc4)cc3)c3ccccc3-c3ccccc32)cc1. The molecule has 0 fully saturated rings. The Hall–Kier alpha value is -5.41. The standard InChI is InChI=1S/C46H42O3/c1-44(2,3)33-19-15-31(16-20-33)43(47)32-17-25-36(26-18-32)48-37-27-21-34(22-28-37)46(35-23-29-38(30-24-35)49-45(4,5)6)41-13-9-7-11-39(41)40-12-8-10-14-42(40)46/h7-30H,1-6H3. The highest BCUT2D eigenvalue weighted by molar-refractivity contribution is 6.09. The van der Waals surface area contributed by atoms with Gasteiger partial charge in [-0.3, -0.25) is 4.79 Å². The summed E-state index contributed by atoms with van der Waals surface area (Å²) in [6, 6.07) is 49.7. The van der Waals surface area contributed by atoms with E-state index >= 15 is 0 Å². The van der Waals surface area contributed by atoms with Crippen LogP contribution >= 0.6 is 0 Å². The van der Waals surface area contributed by atoms with Crippen LogP contribution in [-0.4, -0.2) is 11.4 Å². The number of ketones is 1. The number of rotatable bonds is 7. The Morgan fingerprint density at radius 2 is 0.898 bits per heavy atom. The zero-order valence-corrected chi connectivity index (χ0v) is 29.1. The van der Waals surface area contributed by atoms with Gasteiger partial charge in [-0.15, -0.1) is 0 Å². The Balaban J connectivity index is 1.19. The van der Waals surface area contributed by atoms with E-state index in [2.05, 4.69) is 126 Å². The second kappa shape index (κ2) is 12.2. The lowest BCUT2D eigenvalue weighted by Gasteiger charge is -2.34. The van der Waals surface area contributed by atoms with Crippen LogP contribution in [0.4, 0.5) is 0 Å². The largest absolute Gasteiger partial charge is 0.488 e. The maximum Gasteiger partial charge on any atom is 0.193 e. The van der Waals surface area contributed by atoms with E-state index in [-0.39, 0.29) is 16.8 Å². The molecule has 0 heterocycles. The van der Waals surface area contributed by atoms with Crippen LogP contribution in [0.2, 0.25) is 0 Å². The number of carbonyl (C=O) groups is 1. The zero-order chi connectivity index (χ0) is 34.4. The summed E-state index contributed by atoms with van der Waals surface area (Å²) in [7, 11) is 0. The van der Waals surface area contributed by atoms with E-state index < -0.39 is 5.41 Å². The normalized spacial score (nSPS) is 13.3. The molecule has 1 aliphatic carbocycles. The first-order valence-corrected chi connectivity index (χ1v) is 17.0. The van der Waals surface area contributed by atoms with Crippen molar-refractivity contribution in [1.82, 2.24) is 0 Å². The molecule has 244 valence electrons. The van der Waals surface area contributed by atoms with Crippen LogP contribution < -0.4 is 9.47 Å². The second-order valence-electron chi connectivity index (χ2n) is 14.9. The van der Waals surface area contributed by atoms with Crippen molar-refractivity contribution in [3.8, 4) is 28.4 Å². The summed E-state index contributed by atoms with van der Waals surface area (Å²) in [5, 5.41) is 0. The van der Waals surface area contributed by atoms with E-state index in [1.807, 2.05) is 60.7 Å². The molecular formula is C46H42O3. The first kappa shape index (κ1) is 32.2. The van der Waals surface area contributed by atoms with Crippen molar-refractivity contribution in [2.45, 2.75) is 58.0 Å². The van der Waals surface area contributed by atoms with Gasteiger partial charge in [-0.2, -0.15) is 0 Å². The first-order chi connectivity index (χ1) is 23.4. The Labute approximate surface area is 290 Å². The number of fused-ring (bicyclic) bond motifs is 3. The first-order valence-electron chi connectivity index (χ1n) is 17.0. The van der Waals surface area contributed by atoms with Crippen LogP contribution in [0.3, 0.4) is 0 Å². The number of hydrogen-bond acceptors (Lipinski definition) is 3. The molecule has 0 aliphatic heterocycles. The molecule has 0 amide bonds. The van der Waals surface area contributed by atoms with Crippen molar-refractivity contribution >= 4 is 5.78 Å². The van der Waals surface area contributed by atoms with Crippen LogP contribution in [0, 0.1) is 0 Å². The van der Waals surface area contributed by atoms with Gasteiger partial charge in [0.2, 0.25) is 0 Å². The molecule has 6 aromatic rings. The van der Waals surface area contributed by atoms with Crippen LogP contribution in [0.25, 0.3) is 11.1 Å². The summed E-state index contributed by atoms with van der Waals surface area (Å²) in [6.45, 7) is 12.7. The summed E-state index contributed by atoms with van der Waals surface area (Å²) in [5.74, 6) is 2.25. The van der Waals surface area contributed by atoms with Gasteiger partial charge >= 0.3 is 0 Å². The van der Waals surface area contributed by atoms with E-state index in [9.17, 15) is 4.79 Å². The summed E-state index contributed by atoms with van der Waals surface area (Å²) >= 11 is 0. The highest BCUT2D eigenvalue weighted by Crippen LogP contribution is 2.56. The lowest BCUT2D eigenvalue weighted by molar-refractivity contribution is 0.103. The molecule has 1 aliphatic rings. The predicted octanol–water partition coefficient (Wildman–Crippen LogP) is 11.5. The van der Waals surface area contributed by atoms with Crippen molar-refractivity contribution in [3.05, 3.63) is 185 Å². The van der Waals surface area contributed by atoms with Gasteiger partial charge in [-0.25, -0.2) is 0 Å². The molecule has 0 N–H and O–H groups in total. The molecule has 49 heavy (non-hydrogen) atoms. The van der Waals surface area contributed by atoms with Crippen LogP contribution in [0.5, 0.6) is 17.2 Å². The number of benzene rings is 6. The third kappa shape index (κ3) is 6.06. The topological polar surface area (TPSA) is 35.5 Å². The monoisotopic (exact) mass is 642 g/mol. The molecule has 6 aromatic carbocycles. The zero-order valence-electron chi connectivity index (χ0n) is 29.1. The number of carbonyl (C=O) groups excluding carboxylic acids is 1. The average molecular weight is 643 g/mol. The van der Waals surface area contributed by atoms with Crippen molar-refractivity contribution in [3.63, 3.8) is 0 Å². The summed E-state index contributed by atoms with van der Waals surface area (Å²) in [6.07, 6.45) is 0.